The lowest BCUT2D eigenvalue weighted by Gasteiger charge is -2.22. The summed E-state index contributed by atoms with van der Waals surface area (Å²) >= 11 is 1.22. The average Bonchev–Trinajstić information content (AvgIpc) is 2.42. The van der Waals surface area contributed by atoms with E-state index in [4.69, 9.17) is 10.5 Å². The first-order valence-electron chi connectivity index (χ1n) is 6.59. The Balaban J connectivity index is 4.45. The van der Waals surface area contributed by atoms with E-state index in [0.717, 1.165) is 0 Å². The van der Waals surface area contributed by atoms with Crippen LogP contribution >= 0.6 is 11.8 Å². The predicted octanol–water partition coefficient (Wildman–Crippen LogP) is 0.286. The number of nitrogens with one attached hydrogen (secondary N) is 1. The molecule has 8 nitrogen and oxygen atoms in total. The Kier molecular flexibility index (Phi) is 8.88. The number of alkyl carbamates (subject to hydrolysis) is 1. The second-order valence-electron chi connectivity index (χ2n) is 5.39. The van der Waals surface area contributed by atoms with E-state index in [9.17, 15) is 14.4 Å². The van der Waals surface area contributed by atoms with Crippen LogP contribution in [0.1, 0.15) is 20.8 Å². The van der Waals surface area contributed by atoms with Crippen molar-refractivity contribution in [2.75, 3.05) is 25.7 Å². The van der Waals surface area contributed by atoms with Crippen LogP contribution in [-0.2, 0) is 23.8 Å². The smallest absolute Gasteiger partial charge is 0.408 e. The van der Waals surface area contributed by atoms with E-state index in [1.165, 1.54) is 26.0 Å². The van der Waals surface area contributed by atoms with Crippen molar-refractivity contribution < 1.29 is 28.6 Å². The summed E-state index contributed by atoms with van der Waals surface area (Å²) in [4.78, 5) is 34.5. The first-order chi connectivity index (χ1) is 10.1. The van der Waals surface area contributed by atoms with Crippen molar-refractivity contribution in [2.45, 2.75) is 38.5 Å². The molecule has 1 amide bonds. The summed E-state index contributed by atoms with van der Waals surface area (Å²) in [6.07, 6.45) is -0.722. The lowest BCUT2D eigenvalue weighted by Crippen LogP contribution is -2.46. The summed E-state index contributed by atoms with van der Waals surface area (Å²) in [6.45, 7) is 5.14. The zero-order chi connectivity index (χ0) is 17.3. The molecule has 0 saturated heterocycles. The van der Waals surface area contributed by atoms with Crippen LogP contribution in [0.4, 0.5) is 4.79 Å². The highest BCUT2D eigenvalue weighted by Gasteiger charge is 2.25. The first kappa shape index (κ1) is 20.5. The molecular formula is C13H24N2O6S. The Hall–Kier alpha value is -1.48. The fourth-order valence-electron chi connectivity index (χ4n) is 1.29. The Morgan fingerprint density at radius 2 is 1.64 bits per heavy atom. The second kappa shape index (κ2) is 9.52. The highest BCUT2D eigenvalue weighted by atomic mass is 32.2. The van der Waals surface area contributed by atoms with Gasteiger partial charge in [0.15, 0.2) is 0 Å². The minimum absolute atomic E-state index is 0.191. The summed E-state index contributed by atoms with van der Waals surface area (Å²) in [5, 5.41) is 2.43. The molecule has 0 unspecified atom stereocenters. The molecule has 3 N–H and O–H groups in total. The lowest BCUT2D eigenvalue weighted by atomic mass is 10.2. The zero-order valence-electron chi connectivity index (χ0n) is 13.5. The minimum Gasteiger partial charge on any atom is -0.468 e. The van der Waals surface area contributed by atoms with Gasteiger partial charge in [0.05, 0.1) is 14.2 Å². The van der Waals surface area contributed by atoms with Gasteiger partial charge in [-0.1, -0.05) is 0 Å². The van der Waals surface area contributed by atoms with Crippen LogP contribution in [0.25, 0.3) is 0 Å². The van der Waals surface area contributed by atoms with Crippen molar-refractivity contribution in [1.29, 1.82) is 0 Å². The van der Waals surface area contributed by atoms with E-state index >= 15 is 0 Å². The maximum Gasteiger partial charge on any atom is 0.408 e. The molecular weight excluding hydrogens is 312 g/mol. The quantitative estimate of drug-likeness (QED) is 0.503. The molecule has 0 bridgehead atoms. The van der Waals surface area contributed by atoms with Crippen molar-refractivity contribution in [1.82, 2.24) is 5.32 Å². The Labute approximate surface area is 134 Å². The molecule has 0 radical (unpaired) electrons. The predicted molar refractivity (Wildman–Crippen MR) is 82.5 cm³/mol. The van der Waals surface area contributed by atoms with Crippen LogP contribution < -0.4 is 11.1 Å². The number of esters is 2. The number of ether oxygens (including phenoxy) is 3. The van der Waals surface area contributed by atoms with E-state index in [2.05, 4.69) is 14.8 Å². The third kappa shape index (κ3) is 8.73. The molecule has 0 aromatic heterocycles. The monoisotopic (exact) mass is 336 g/mol. The molecule has 0 rings (SSSR count). The van der Waals surface area contributed by atoms with Crippen LogP contribution in [-0.4, -0.2) is 61.4 Å². The van der Waals surface area contributed by atoms with Gasteiger partial charge in [-0.05, 0) is 20.8 Å². The maximum absolute atomic E-state index is 11.7. The standard InChI is InChI=1S/C13H24N2O6S/c1-13(2,3)21-12(18)15-9(11(17)20-5)7-22-6-8(14)10(16)19-4/h8-9H,6-7,14H2,1-5H3,(H,15,18)/t8-,9+/m1/s1. The van der Waals surface area contributed by atoms with Crippen LogP contribution in [0, 0.1) is 0 Å². The molecule has 0 aliphatic carbocycles. The van der Waals surface area contributed by atoms with Crippen LogP contribution in [0.3, 0.4) is 0 Å². The van der Waals surface area contributed by atoms with Gasteiger partial charge >= 0.3 is 18.0 Å². The van der Waals surface area contributed by atoms with Gasteiger partial charge in [0.2, 0.25) is 0 Å². The number of carbonyl (C=O) groups excluding carboxylic acids is 3. The number of amides is 1. The van der Waals surface area contributed by atoms with E-state index in [1.807, 2.05) is 0 Å². The van der Waals surface area contributed by atoms with Crippen LogP contribution in [0.5, 0.6) is 0 Å². The number of thioether (sulfide) groups is 1. The number of rotatable bonds is 7. The number of hydrogen-bond acceptors (Lipinski definition) is 8. The topological polar surface area (TPSA) is 117 Å². The average molecular weight is 336 g/mol. The SMILES string of the molecule is COC(=O)[C@H](N)CSC[C@H](NC(=O)OC(C)(C)C)C(=O)OC. The van der Waals surface area contributed by atoms with Crippen LogP contribution in [0.15, 0.2) is 0 Å². The molecule has 22 heavy (non-hydrogen) atoms. The van der Waals surface area contributed by atoms with Crippen molar-refractivity contribution in [3.8, 4) is 0 Å². The molecule has 0 fully saturated rings. The van der Waals surface area contributed by atoms with Gasteiger partial charge in [-0.3, -0.25) is 4.79 Å². The molecule has 0 aromatic rings. The first-order valence-corrected chi connectivity index (χ1v) is 7.74. The fourth-order valence-corrected chi connectivity index (χ4v) is 2.27. The second-order valence-corrected chi connectivity index (χ2v) is 6.46. The lowest BCUT2D eigenvalue weighted by molar-refractivity contribution is -0.142. The number of methoxy groups -OCH3 is 2. The van der Waals surface area contributed by atoms with Gasteiger partial charge in [0.1, 0.15) is 17.7 Å². The van der Waals surface area contributed by atoms with Gasteiger partial charge < -0.3 is 25.3 Å². The highest BCUT2D eigenvalue weighted by molar-refractivity contribution is 7.99. The summed E-state index contributed by atoms with van der Waals surface area (Å²) in [7, 11) is 2.46. The minimum atomic E-state index is -0.894. The third-order valence-corrected chi connectivity index (χ3v) is 3.43. The van der Waals surface area contributed by atoms with E-state index in [1.54, 1.807) is 20.8 Å². The van der Waals surface area contributed by atoms with Gasteiger partial charge in [-0.25, -0.2) is 9.59 Å². The number of nitrogens with two attached hydrogens (primary N) is 1. The largest absolute Gasteiger partial charge is 0.468 e. The molecule has 9 heteroatoms. The van der Waals surface area contributed by atoms with Gasteiger partial charge in [0, 0.05) is 11.5 Å². The summed E-state index contributed by atoms with van der Waals surface area (Å²) < 4.78 is 14.2. The summed E-state index contributed by atoms with van der Waals surface area (Å²) in [6, 6.07) is -1.69. The normalized spacial score (nSPS) is 13.7. The van der Waals surface area contributed by atoms with Crippen molar-refractivity contribution in [2.24, 2.45) is 5.73 Å². The Bertz CT molecular complexity index is 396. The summed E-state index contributed by atoms with van der Waals surface area (Å²) in [5.74, 6) is -0.709. The fraction of sp³-hybridized carbons (Fsp3) is 0.769. The molecule has 0 aromatic carbocycles. The Morgan fingerprint density at radius 1 is 1.09 bits per heavy atom. The van der Waals surface area contributed by atoms with Gasteiger partial charge in [-0.15, -0.1) is 0 Å². The molecule has 0 heterocycles. The third-order valence-electron chi connectivity index (χ3n) is 2.26. The Morgan fingerprint density at radius 3 is 2.09 bits per heavy atom. The van der Waals surface area contributed by atoms with E-state index < -0.39 is 35.7 Å². The van der Waals surface area contributed by atoms with Gasteiger partial charge in [0.25, 0.3) is 0 Å². The summed E-state index contributed by atoms with van der Waals surface area (Å²) in [5.41, 5.74) is 4.91. The van der Waals surface area contributed by atoms with E-state index in [-0.39, 0.29) is 11.5 Å². The number of carbonyl (C=O) groups is 3. The molecule has 0 saturated carbocycles. The van der Waals surface area contributed by atoms with Crippen molar-refractivity contribution in [3.05, 3.63) is 0 Å². The zero-order valence-corrected chi connectivity index (χ0v) is 14.3. The molecule has 0 aliphatic heterocycles. The van der Waals surface area contributed by atoms with E-state index in [0.29, 0.717) is 0 Å². The van der Waals surface area contributed by atoms with Gasteiger partial charge in [-0.2, -0.15) is 11.8 Å². The molecule has 128 valence electrons. The molecule has 0 aliphatic rings. The number of hydrogen-bond donors (Lipinski definition) is 2. The maximum atomic E-state index is 11.7. The molecule has 2 atom stereocenters. The highest BCUT2D eigenvalue weighted by Crippen LogP contribution is 2.10. The van der Waals surface area contributed by atoms with Crippen molar-refractivity contribution in [3.63, 3.8) is 0 Å². The molecule has 0 spiro atoms. The van der Waals surface area contributed by atoms with Crippen LogP contribution in [0.2, 0.25) is 0 Å². The van der Waals surface area contributed by atoms with Crippen molar-refractivity contribution >= 4 is 29.8 Å².